The largest absolute Gasteiger partial charge is 0.490 e. The van der Waals surface area contributed by atoms with Crippen molar-refractivity contribution in [3.63, 3.8) is 0 Å². The molecule has 6 N–H and O–H groups in total. The van der Waals surface area contributed by atoms with Crippen LogP contribution in [-0.2, 0) is 4.74 Å². The van der Waals surface area contributed by atoms with E-state index in [0.29, 0.717) is 33.9 Å². The molecule has 1 aliphatic heterocycles. The van der Waals surface area contributed by atoms with Crippen LogP contribution in [0.2, 0.25) is 0 Å². The highest BCUT2D eigenvalue weighted by atomic mass is 79.9. The lowest BCUT2D eigenvalue weighted by atomic mass is 9.98. The number of anilines is 2. The van der Waals surface area contributed by atoms with Gasteiger partial charge in [0.25, 0.3) is 0 Å². The van der Waals surface area contributed by atoms with Gasteiger partial charge in [0.15, 0.2) is 6.23 Å². The lowest BCUT2D eigenvalue weighted by Crippen LogP contribution is -2.45. The summed E-state index contributed by atoms with van der Waals surface area (Å²) in [5.41, 5.74) is 11.8. The van der Waals surface area contributed by atoms with Crippen LogP contribution in [-0.4, -0.2) is 54.1 Å². The molecule has 3 aromatic heterocycles. The Balaban J connectivity index is 1.38. The fraction of sp³-hybridized carbons (Fsp3) is 0.286. The predicted octanol–water partition coefficient (Wildman–Crippen LogP) is 1.99. The molecule has 10 nitrogen and oxygen atoms in total. The van der Waals surface area contributed by atoms with Crippen molar-refractivity contribution in [2.45, 2.75) is 31.0 Å². The third-order valence-corrected chi connectivity index (χ3v) is 6.38. The number of hydrogen-bond acceptors (Lipinski definition) is 9. The molecule has 11 heteroatoms. The summed E-state index contributed by atoms with van der Waals surface area (Å²) < 4.78 is 14.4. The van der Waals surface area contributed by atoms with Crippen molar-refractivity contribution in [1.82, 2.24) is 19.5 Å². The maximum Gasteiger partial charge on any atom is 0.164 e. The Bertz CT molecular complexity index is 1330. The lowest BCUT2D eigenvalue weighted by Gasteiger charge is -2.27. The van der Waals surface area contributed by atoms with E-state index in [2.05, 4.69) is 30.9 Å². The summed E-state index contributed by atoms with van der Waals surface area (Å²) in [6.45, 7) is 1.68. The highest BCUT2D eigenvalue weighted by molar-refractivity contribution is 9.10. The zero-order chi connectivity index (χ0) is 22.6. The Morgan fingerprint density at radius 1 is 1.19 bits per heavy atom. The summed E-state index contributed by atoms with van der Waals surface area (Å²) in [5, 5.41) is 23.0. The number of aliphatic hydroxyl groups excluding tert-OH is 2. The highest BCUT2D eigenvalue weighted by Crippen LogP contribution is 2.39. The van der Waals surface area contributed by atoms with Crippen molar-refractivity contribution in [3.05, 3.63) is 47.3 Å². The Morgan fingerprint density at radius 3 is 2.81 bits per heavy atom. The number of benzene rings is 1. The molecule has 1 aromatic carbocycles. The minimum Gasteiger partial charge on any atom is -0.490 e. The quantitative estimate of drug-likeness (QED) is 0.329. The fourth-order valence-electron chi connectivity index (χ4n) is 3.92. The molecule has 0 spiro atoms. The number of aliphatic hydroxyl groups is 2. The highest BCUT2D eigenvalue weighted by Gasteiger charge is 2.52. The summed E-state index contributed by atoms with van der Waals surface area (Å²) in [7, 11) is 0. The first-order valence-electron chi connectivity index (χ1n) is 9.86. The van der Waals surface area contributed by atoms with E-state index in [4.69, 9.17) is 20.9 Å². The normalized spacial score (nSPS) is 25.6. The summed E-state index contributed by atoms with van der Waals surface area (Å²) in [4.78, 5) is 12.6. The van der Waals surface area contributed by atoms with E-state index in [9.17, 15) is 10.2 Å². The van der Waals surface area contributed by atoms with E-state index in [-0.39, 0.29) is 6.61 Å². The van der Waals surface area contributed by atoms with Gasteiger partial charge in [0, 0.05) is 17.6 Å². The van der Waals surface area contributed by atoms with Crippen molar-refractivity contribution >= 4 is 49.5 Å². The van der Waals surface area contributed by atoms with E-state index in [1.54, 1.807) is 35.9 Å². The smallest absolute Gasteiger partial charge is 0.164 e. The number of aromatic nitrogens is 4. The molecule has 166 valence electrons. The van der Waals surface area contributed by atoms with E-state index < -0.39 is 24.0 Å². The Hall–Kier alpha value is -2.99. The molecule has 0 aliphatic carbocycles. The molecule has 1 fully saturated rings. The number of ether oxygens (including phenoxy) is 2. The van der Waals surface area contributed by atoms with Gasteiger partial charge in [-0.25, -0.2) is 15.0 Å². The molecule has 5 rings (SSSR count). The Morgan fingerprint density at radius 2 is 2.00 bits per heavy atom. The van der Waals surface area contributed by atoms with Crippen molar-refractivity contribution in [2.75, 3.05) is 18.1 Å². The third kappa shape index (κ3) is 3.34. The number of nitrogens with zero attached hydrogens (tertiary/aromatic N) is 4. The van der Waals surface area contributed by atoms with Crippen LogP contribution in [0.25, 0.3) is 21.9 Å². The lowest BCUT2D eigenvalue weighted by molar-refractivity contribution is -0.110. The van der Waals surface area contributed by atoms with Gasteiger partial charge < -0.3 is 35.7 Å². The van der Waals surface area contributed by atoms with Gasteiger partial charge in [-0.1, -0.05) is 0 Å². The monoisotopic (exact) mass is 500 g/mol. The molecule has 1 saturated heterocycles. The summed E-state index contributed by atoms with van der Waals surface area (Å²) in [5.74, 6) is 1.24. The Labute approximate surface area is 190 Å². The van der Waals surface area contributed by atoms with Crippen LogP contribution < -0.4 is 16.2 Å². The van der Waals surface area contributed by atoms with Crippen LogP contribution in [0.5, 0.6) is 5.75 Å². The van der Waals surface area contributed by atoms with Crippen LogP contribution >= 0.6 is 15.9 Å². The molecule has 4 atom stereocenters. The SMILES string of the molecule is CC1(COc2ccc3cc(Br)c(N)nc3c2)O[C@@H](n2ccc3c(N)ncnc32)[C@H](O)[C@@H]1O. The number of hydrogen-bond donors (Lipinski definition) is 4. The van der Waals surface area contributed by atoms with Gasteiger partial charge in [0.2, 0.25) is 0 Å². The minimum atomic E-state index is -1.20. The third-order valence-electron chi connectivity index (χ3n) is 5.74. The summed E-state index contributed by atoms with van der Waals surface area (Å²) in [6.07, 6.45) is -0.241. The molecule has 0 radical (unpaired) electrons. The van der Waals surface area contributed by atoms with Crippen molar-refractivity contribution < 1.29 is 19.7 Å². The van der Waals surface area contributed by atoms with Gasteiger partial charge in [-0.15, -0.1) is 0 Å². The minimum absolute atomic E-state index is 0.00440. The fourth-order valence-corrected chi connectivity index (χ4v) is 4.26. The molecular weight excluding hydrogens is 480 g/mol. The zero-order valence-corrected chi connectivity index (χ0v) is 18.6. The first kappa shape index (κ1) is 20.9. The van der Waals surface area contributed by atoms with Gasteiger partial charge in [0.05, 0.1) is 15.4 Å². The number of rotatable bonds is 4. The molecule has 0 bridgehead atoms. The number of fused-ring (bicyclic) bond motifs is 2. The number of nitrogen functional groups attached to an aromatic ring is 2. The second-order valence-corrected chi connectivity index (χ2v) is 8.83. The molecule has 1 unspecified atom stereocenters. The second kappa shape index (κ2) is 7.55. The number of nitrogens with two attached hydrogens (primary N) is 2. The first-order chi connectivity index (χ1) is 15.3. The molecule has 0 saturated carbocycles. The Kier molecular flexibility index (Phi) is 4.93. The number of halogens is 1. The van der Waals surface area contributed by atoms with E-state index in [0.717, 1.165) is 9.86 Å². The van der Waals surface area contributed by atoms with E-state index in [1.807, 2.05) is 12.1 Å². The maximum absolute atomic E-state index is 10.8. The maximum atomic E-state index is 10.8. The average Bonchev–Trinajstić information content (AvgIpc) is 3.29. The van der Waals surface area contributed by atoms with Crippen molar-refractivity contribution in [2.24, 2.45) is 0 Å². The first-order valence-corrected chi connectivity index (χ1v) is 10.7. The van der Waals surface area contributed by atoms with Gasteiger partial charge in [-0.2, -0.15) is 0 Å². The molecule has 32 heavy (non-hydrogen) atoms. The van der Waals surface area contributed by atoms with Gasteiger partial charge in [0.1, 0.15) is 53.8 Å². The van der Waals surface area contributed by atoms with Crippen molar-refractivity contribution in [1.29, 1.82) is 0 Å². The second-order valence-electron chi connectivity index (χ2n) is 7.97. The van der Waals surface area contributed by atoms with Gasteiger partial charge in [-0.05, 0) is 47.1 Å². The van der Waals surface area contributed by atoms with Crippen molar-refractivity contribution in [3.8, 4) is 5.75 Å². The molecule has 4 heterocycles. The summed E-state index contributed by atoms with van der Waals surface area (Å²) >= 11 is 3.37. The van der Waals surface area contributed by atoms with Gasteiger partial charge in [-0.3, -0.25) is 0 Å². The zero-order valence-electron chi connectivity index (χ0n) is 17.0. The average molecular weight is 501 g/mol. The molecule has 1 aliphatic rings. The van der Waals surface area contributed by atoms with Crippen LogP contribution in [0.15, 0.2) is 47.3 Å². The van der Waals surface area contributed by atoms with Crippen LogP contribution in [0.1, 0.15) is 13.2 Å². The standard InChI is InChI=1S/C21H21BrN6O4/c1-21(8-31-11-3-2-10-6-13(22)18(24)27-14(10)7-11)16(30)15(29)20(32-21)28-5-4-12-17(23)25-9-26-19(12)28/h2-7,9,15-16,20,29-30H,8H2,1H3,(H2,24,27)(H2,23,25,26)/t15-,16+,20-,21?/m1/s1. The molecular formula is C21H21BrN6O4. The van der Waals surface area contributed by atoms with E-state index >= 15 is 0 Å². The molecule has 4 aromatic rings. The van der Waals surface area contributed by atoms with Gasteiger partial charge >= 0.3 is 0 Å². The number of pyridine rings is 1. The summed E-state index contributed by atoms with van der Waals surface area (Å²) in [6, 6.07) is 9.04. The van der Waals surface area contributed by atoms with E-state index in [1.165, 1.54) is 6.33 Å². The molecule has 0 amide bonds. The van der Waals surface area contributed by atoms with Crippen LogP contribution in [0.4, 0.5) is 11.6 Å². The van der Waals surface area contributed by atoms with Crippen LogP contribution in [0, 0.1) is 0 Å². The predicted molar refractivity (Wildman–Crippen MR) is 122 cm³/mol. The topological polar surface area (TPSA) is 155 Å². The van der Waals surface area contributed by atoms with Crippen LogP contribution in [0.3, 0.4) is 0 Å².